The molecule has 3 rings (SSSR count). The molecule has 2 heterocycles. The third kappa shape index (κ3) is 2.26. The summed E-state index contributed by atoms with van der Waals surface area (Å²) >= 11 is 0. The molecule has 4 amide bonds. The maximum Gasteiger partial charge on any atom is 0.255 e. The van der Waals surface area contributed by atoms with Crippen molar-refractivity contribution in [2.24, 2.45) is 0 Å². The number of fused-ring (bicyclic) bond motifs is 1. The number of amides is 4. The summed E-state index contributed by atoms with van der Waals surface area (Å²) in [4.78, 5) is 47.4. The number of hydrogen-bond donors (Lipinski definition) is 2. The van der Waals surface area contributed by atoms with Crippen LogP contribution in [0.1, 0.15) is 28.8 Å². The fraction of sp³-hybridized carbons (Fsp3) is 0.286. The number of benzene rings is 1. The van der Waals surface area contributed by atoms with Crippen molar-refractivity contribution in [3.05, 3.63) is 29.3 Å². The minimum Gasteiger partial charge on any atom is -0.329 e. The van der Waals surface area contributed by atoms with E-state index in [1.165, 1.54) is 4.90 Å². The molecule has 1 fully saturated rings. The van der Waals surface area contributed by atoms with Crippen LogP contribution >= 0.6 is 0 Å². The first kappa shape index (κ1) is 13.3. The van der Waals surface area contributed by atoms with Crippen LogP contribution in [-0.2, 0) is 20.9 Å². The molecule has 0 aromatic heterocycles. The summed E-state index contributed by atoms with van der Waals surface area (Å²) in [5, 5.41) is 4.75. The van der Waals surface area contributed by atoms with Crippen molar-refractivity contribution in [1.29, 1.82) is 0 Å². The summed E-state index contributed by atoms with van der Waals surface area (Å²) < 4.78 is 0. The van der Waals surface area contributed by atoms with Crippen LogP contribution in [0.3, 0.4) is 0 Å². The zero-order valence-electron chi connectivity index (χ0n) is 11.1. The molecular weight excluding hydrogens is 274 g/mol. The van der Waals surface area contributed by atoms with Crippen LogP contribution in [-0.4, -0.2) is 35.1 Å². The lowest BCUT2D eigenvalue weighted by molar-refractivity contribution is -0.136. The zero-order valence-corrected chi connectivity index (χ0v) is 11.1. The Kier molecular flexibility index (Phi) is 3.17. The summed E-state index contributed by atoms with van der Waals surface area (Å²) in [5.41, 5.74) is 1.81. The smallest absolute Gasteiger partial charge is 0.255 e. The summed E-state index contributed by atoms with van der Waals surface area (Å²) in [6.07, 6.45) is 1.11. The van der Waals surface area contributed by atoms with Gasteiger partial charge in [0.2, 0.25) is 18.2 Å². The third-order valence-corrected chi connectivity index (χ3v) is 3.75. The van der Waals surface area contributed by atoms with E-state index < -0.39 is 11.9 Å². The quantitative estimate of drug-likeness (QED) is 0.605. The van der Waals surface area contributed by atoms with E-state index in [9.17, 15) is 19.2 Å². The van der Waals surface area contributed by atoms with Crippen LogP contribution in [0.4, 0.5) is 5.69 Å². The van der Waals surface area contributed by atoms with Crippen LogP contribution in [0.2, 0.25) is 0 Å². The molecule has 0 bridgehead atoms. The van der Waals surface area contributed by atoms with Crippen LogP contribution in [0, 0.1) is 0 Å². The normalized spacial score (nSPS) is 21.0. The molecule has 1 saturated heterocycles. The maximum atomic E-state index is 12.4. The van der Waals surface area contributed by atoms with Gasteiger partial charge >= 0.3 is 0 Å². The minimum atomic E-state index is -0.620. The standard InChI is InChI=1S/C14H13N3O4/c18-7-15-9-2-1-8-6-17(14(21)10(8)5-9)11-3-4-12(19)16-13(11)20/h1-2,5,7,11H,3-4,6H2,(H,15,18)(H,16,19,20). The van der Waals surface area contributed by atoms with Crippen molar-refractivity contribution in [2.75, 3.05) is 5.32 Å². The topological polar surface area (TPSA) is 95.6 Å². The first-order valence-corrected chi connectivity index (χ1v) is 6.58. The van der Waals surface area contributed by atoms with Gasteiger partial charge in [-0.15, -0.1) is 0 Å². The zero-order chi connectivity index (χ0) is 15.0. The lowest BCUT2D eigenvalue weighted by Crippen LogP contribution is -2.52. The lowest BCUT2D eigenvalue weighted by atomic mass is 10.0. The number of nitrogens with one attached hydrogen (secondary N) is 2. The van der Waals surface area contributed by atoms with E-state index in [2.05, 4.69) is 10.6 Å². The van der Waals surface area contributed by atoms with Crippen LogP contribution in [0.5, 0.6) is 0 Å². The monoisotopic (exact) mass is 287 g/mol. The second-order valence-corrected chi connectivity index (χ2v) is 5.03. The van der Waals surface area contributed by atoms with Crippen molar-refractivity contribution in [3.63, 3.8) is 0 Å². The van der Waals surface area contributed by atoms with Gasteiger partial charge in [0.1, 0.15) is 6.04 Å². The average molecular weight is 287 g/mol. The molecule has 1 unspecified atom stereocenters. The maximum absolute atomic E-state index is 12.4. The van der Waals surface area contributed by atoms with Crippen molar-refractivity contribution in [3.8, 4) is 0 Å². The van der Waals surface area contributed by atoms with Gasteiger partial charge in [-0.2, -0.15) is 0 Å². The van der Waals surface area contributed by atoms with Gasteiger partial charge in [0.25, 0.3) is 5.91 Å². The summed E-state index contributed by atoms with van der Waals surface area (Å²) in [5.74, 6) is -0.995. The van der Waals surface area contributed by atoms with Crippen molar-refractivity contribution >= 4 is 29.8 Å². The summed E-state index contributed by atoms with van der Waals surface area (Å²) in [6.45, 7) is 0.335. The second kappa shape index (κ2) is 5.01. The first-order valence-electron chi connectivity index (χ1n) is 6.58. The van der Waals surface area contributed by atoms with Gasteiger partial charge in [-0.25, -0.2) is 0 Å². The second-order valence-electron chi connectivity index (χ2n) is 5.03. The highest BCUT2D eigenvalue weighted by molar-refractivity contribution is 6.05. The molecule has 7 heteroatoms. The van der Waals surface area contributed by atoms with Gasteiger partial charge in [-0.3, -0.25) is 24.5 Å². The van der Waals surface area contributed by atoms with E-state index >= 15 is 0 Å². The molecule has 2 aliphatic rings. The van der Waals surface area contributed by atoms with Gasteiger partial charge < -0.3 is 10.2 Å². The van der Waals surface area contributed by atoms with Gasteiger partial charge in [0.05, 0.1) is 0 Å². The predicted molar refractivity (Wildman–Crippen MR) is 72.2 cm³/mol. The Hall–Kier alpha value is -2.70. The van der Waals surface area contributed by atoms with E-state index in [0.717, 1.165) is 5.56 Å². The molecule has 2 aliphatic heterocycles. The average Bonchev–Trinajstić information content (AvgIpc) is 2.77. The Morgan fingerprint density at radius 3 is 2.81 bits per heavy atom. The molecule has 7 nitrogen and oxygen atoms in total. The number of carbonyl (C=O) groups excluding carboxylic acids is 4. The van der Waals surface area contributed by atoms with Gasteiger partial charge in [-0.05, 0) is 24.1 Å². The Balaban J connectivity index is 1.85. The molecule has 0 saturated carbocycles. The molecule has 1 aromatic rings. The highest BCUT2D eigenvalue weighted by Crippen LogP contribution is 2.29. The molecule has 0 radical (unpaired) electrons. The van der Waals surface area contributed by atoms with Gasteiger partial charge in [-0.1, -0.05) is 6.07 Å². The number of nitrogens with zero attached hydrogens (tertiary/aromatic N) is 1. The summed E-state index contributed by atoms with van der Waals surface area (Å²) in [7, 11) is 0. The number of carbonyl (C=O) groups is 4. The van der Waals surface area contributed by atoms with Gasteiger partial charge in [0.15, 0.2) is 0 Å². The Morgan fingerprint density at radius 1 is 1.29 bits per heavy atom. The molecular formula is C14H13N3O4. The molecule has 0 aliphatic carbocycles. The van der Waals surface area contributed by atoms with Crippen LogP contribution in [0.25, 0.3) is 0 Å². The SMILES string of the molecule is O=CNc1ccc2c(c1)C(=O)N(C1CCC(=O)NC1=O)C2. The van der Waals surface area contributed by atoms with Crippen molar-refractivity contribution in [1.82, 2.24) is 10.2 Å². The van der Waals surface area contributed by atoms with E-state index in [4.69, 9.17) is 0 Å². The van der Waals surface area contributed by atoms with E-state index in [0.29, 0.717) is 30.6 Å². The number of imide groups is 1. The molecule has 2 N–H and O–H groups in total. The fourth-order valence-corrected chi connectivity index (χ4v) is 2.71. The number of anilines is 1. The largest absolute Gasteiger partial charge is 0.329 e. The molecule has 0 spiro atoms. The highest BCUT2D eigenvalue weighted by Gasteiger charge is 2.39. The van der Waals surface area contributed by atoms with E-state index in [-0.39, 0.29) is 18.2 Å². The van der Waals surface area contributed by atoms with E-state index in [1.807, 2.05) is 0 Å². The van der Waals surface area contributed by atoms with Crippen LogP contribution in [0.15, 0.2) is 18.2 Å². The predicted octanol–water partition coefficient (Wildman–Crippen LogP) is 0.0159. The van der Waals surface area contributed by atoms with Crippen molar-refractivity contribution in [2.45, 2.75) is 25.4 Å². The highest BCUT2D eigenvalue weighted by atomic mass is 16.2. The lowest BCUT2D eigenvalue weighted by Gasteiger charge is -2.29. The number of piperidine rings is 1. The fourth-order valence-electron chi connectivity index (χ4n) is 2.71. The van der Waals surface area contributed by atoms with E-state index in [1.54, 1.807) is 18.2 Å². The minimum absolute atomic E-state index is 0.231. The molecule has 108 valence electrons. The number of rotatable bonds is 3. The van der Waals surface area contributed by atoms with Crippen molar-refractivity contribution < 1.29 is 19.2 Å². The third-order valence-electron chi connectivity index (χ3n) is 3.75. The Bertz CT molecular complexity index is 656. The Labute approximate surface area is 120 Å². The van der Waals surface area contributed by atoms with Crippen LogP contribution < -0.4 is 10.6 Å². The molecule has 21 heavy (non-hydrogen) atoms. The summed E-state index contributed by atoms with van der Waals surface area (Å²) in [6, 6.07) is 4.43. The Morgan fingerprint density at radius 2 is 2.10 bits per heavy atom. The van der Waals surface area contributed by atoms with Gasteiger partial charge in [0, 0.05) is 24.2 Å². The number of hydrogen-bond acceptors (Lipinski definition) is 4. The molecule has 1 aromatic carbocycles. The first-order chi connectivity index (χ1) is 10.1. The molecule has 1 atom stereocenters.